The molecule has 4 nitrogen and oxygen atoms in total. The molecule has 0 amide bonds. The lowest BCUT2D eigenvalue weighted by atomic mass is 9.91. The zero-order valence-corrected chi connectivity index (χ0v) is 12.6. The van der Waals surface area contributed by atoms with Crippen molar-refractivity contribution in [1.29, 1.82) is 0 Å². The van der Waals surface area contributed by atoms with E-state index in [1.807, 2.05) is 31.2 Å². The first kappa shape index (κ1) is 13.9. The standard InChI is InChI=1S/C19H15NO3/c1-12-6-5-9-14-10-15(18(22)20-16(12)14)19(11-23-19)17(21)13-7-3-2-4-8-13/h2-10H,11H2,1H3,(H,20,22). The highest BCUT2D eigenvalue weighted by molar-refractivity contribution is 6.05. The molecule has 4 rings (SSSR count). The normalized spacial score (nSPS) is 19.7. The van der Waals surface area contributed by atoms with Gasteiger partial charge < -0.3 is 9.72 Å². The van der Waals surface area contributed by atoms with Crippen LogP contribution in [0, 0.1) is 6.92 Å². The van der Waals surface area contributed by atoms with Gasteiger partial charge in [-0.3, -0.25) is 9.59 Å². The highest BCUT2D eigenvalue weighted by Gasteiger charge is 2.55. The molecule has 0 spiro atoms. The highest BCUT2D eigenvalue weighted by Crippen LogP contribution is 2.40. The lowest BCUT2D eigenvalue weighted by Gasteiger charge is -2.12. The Morgan fingerprint density at radius 1 is 1.13 bits per heavy atom. The van der Waals surface area contributed by atoms with Crippen molar-refractivity contribution in [1.82, 2.24) is 4.98 Å². The molecule has 2 heterocycles. The summed E-state index contributed by atoms with van der Waals surface area (Å²) >= 11 is 0. The number of benzene rings is 2. The number of ketones is 1. The minimum atomic E-state index is -1.15. The van der Waals surface area contributed by atoms with Crippen LogP contribution in [0.1, 0.15) is 21.5 Å². The number of carbonyl (C=O) groups is 1. The quantitative estimate of drug-likeness (QED) is 0.598. The summed E-state index contributed by atoms with van der Waals surface area (Å²) in [4.78, 5) is 28.2. The third-order valence-electron chi connectivity index (χ3n) is 4.36. The molecule has 2 aromatic carbocycles. The second-order valence-corrected chi connectivity index (χ2v) is 5.86. The van der Waals surface area contributed by atoms with Crippen LogP contribution < -0.4 is 5.56 Å². The Hall–Kier alpha value is -2.72. The molecule has 4 heteroatoms. The SMILES string of the molecule is Cc1cccc2cc(C3(C(=O)c4ccccc4)CO3)c(=O)[nH]c12. The number of hydrogen-bond donors (Lipinski definition) is 1. The number of ether oxygens (including phenoxy) is 1. The van der Waals surface area contributed by atoms with Gasteiger partial charge in [0.05, 0.1) is 17.7 Å². The van der Waals surface area contributed by atoms with Crippen molar-refractivity contribution >= 4 is 16.7 Å². The van der Waals surface area contributed by atoms with Crippen LogP contribution in [-0.2, 0) is 10.3 Å². The van der Waals surface area contributed by atoms with Crippen LogP contribution >= 0.6 is 0 Å². The van der Waals surface area contributed by atoms with Crippen molar-refractivity contribution < 1.29 is 9.53 Å². The van der Waals surface area contributed by atoms with Crippen LogP contribution in [0.25, 0.3) is 10.9 Å². The summed E-state index contributed by atoms with van der Waals surface area (Å²) in [5, 5.41) is 0.898. The number of H-pyrrole nitrogens is 1. The Balaban J connectivity index is 1.87. The molecule has 0 radical (unpaired) electrons. The molecule has 1 aliphatic heterocycles. The lowest BCUT2D eigenvalue weighted by Crippen LogP contribution is -2.30. The summed E-state index contributed by atoms with van der Waals surface area (Å²) in [7, 11) is 0. The molecule has 23 heavy (non-hydrogen) atoms. The molecule has 1 N–H and O–H groups in total. The fraction of sp³-hybridized carbons (Fsp3) is 0.158. The summed E-state index contributed by atoms with van der Waals surface area (Å²) in [6.07, 6.45) is 0. The molecule has 0 saturated carbocycles. The maximum absolute atomic E-state index is 12.8. The minimum Gasteiger partial charge on any atom is -0.355 e. The number of epoxide rings is 1. The Kier molecular flexibility index (Phi) is 2.96. The van der Waals surface area contributed by atoms with Gasteiger partial charge in [-0.25, -0.2) is 0 Å². The van der Waals surface area contributed by atoms with Gasteiger partial charge in [-0.1, -0.05) is 48.5 Å². The van der Waals surface area contributed by atoms with Gasteiger partial charge in [0.15, 0.2) is 5.60 Å². The monoisotopic (exact) mass is 305 g/mol. The van der Waals surface area contributed by atoms with Gasteiger partial charge in [0.1, 0.15) is 0 Å². The van der Waals surface area contributed by atoms with Crippen molar-refractivity contribution in [2.75, 3.05) is 6.61 Å². The van der Waals surface area contributed by atoms with Gasteiger partial charge in [0, 0.05) is 5.56 Å². The molecule has 3 aromatic rings. The summed E-state index contributed by atoms with van der Waals surface area (Å²) in [6, 6.07) is 16.5. The van der Waals surface area contributed by atoms with E-state index in [0.717, 1.165) is 16.5 Å². The van der Waals surface area contributed by atoms with Crippen LogP contribution in [0.2, 0.25) is 0 Å². The zero-order chi connectivity index (χ0) is 16.0. The average molecular weight is 305 g/mol. The fourth-order valence-corrected chi connectivity index (χ4v) is 2.99. The molecule has 0 bridgehead atoms. The maximum Gasteiger partial charge on any atom is 0.255 e. The number of hydrogen-bond acceptors (Lipinski definition) is 3. The van der Waals surface area contributed by atoms with E-state index in [2.05, 4.69) is 4.98 Å². The molecule has 1 saturated heterocycles. The molecule has 1 aliphatic rings. The smallest absolute Gasteiger partial charge is 0.255 e. The van der Waals surface area contributed by atoms with Crippen molar-refractivity contribution in [3.05, 3.63) is 81.6 Å². The number of rotatable bonds is 3. The molecule has 1 aromatic heterocycles. The van der Waals surface area contributed by atoms with Crippen molar-refractivity contribution in [3.63, 3.8) is 0 Å². The number of aromatic nitrogens is 1. The van der Waals surface area contributed by atoms with E-state index >= 15 is 0 Å². The molecule has 0 aliphatic carbocycles. The summed E-state index contributed by atoms with van der Waals surface area (Å²) < 4.78 is 5.49. The highest BCUT2D eigenvalue weighted by atomic mass is 16.6. The summed E-state index contributed by atoms with van der Waals surface area (Å²) in [5.74, 6) is -0.171. The number of pyridine rings is 1. The number of fused-ring (bicyclic) bond motifs is 1. The Bertz CT molecular complexity index is 969. The van der Waals surface area contributed by atoms with E-state index in [1.165, 1.54) is 0 Å². The van der Waals surface area contributed by atoms with E-state index in [1.54, 1.807) is 30.3 Å². The number of carbonyl (C=O) groups excluding carboxylic acids is 1. The number of Topliss-reactive ketones (excluding diaryl/α,β-unsaturated/α-hetero) is 1. The van der Waals surface area contributed by atoms with Crippen LogP contribution in [0.5, 0.6) is 0 Å². The first-order chi connectivity index (χ1) is 11.1. The molecule has 114 valence electrons. The van der Waals surface area contributed by atoms with E-state index in [4.69, 9.17) is 4.74 Å². The largest absolute Gasteiger partial charge is 0.355 e. The van der Waals surface area contributed by atoms with Gasteiger partial charge in [-0.2, -0.15) is 0 Å². The van der Waals surface area contributed by atoms with Crippen LogP contribution in [0.15, 0.2) is 59.4 Å². The second-order valence-electron chi connectivity index (χ2n) is 5.86. The van der Waals surface area contributed by atoms with Crippen molar-refractivity contribution in [2.45, 2.75) is 12.5 Å². The van der Waals surface area contributed by atoms with E-state index in [0.29, 0.717) is 11.1 Å². The number of nitrogens with one attached hydrogen (secondary N) is 1. The lowest BCUT2D eigenvalue weighted by molar-refractivity contribution is 0.0869. The third-order valence-corrected chi connectivity index (χ3v) is 4.36. The Morgan fingerprint density at radius 3 is 2.57 bits per heavy atom. The maximum atomic E-state index is 12.8. The van der Waals surface area contributed by atoms with Gasteiger partial charge in [0.25, 0.3) is 5.56 Å². The van der Waals surface area contributed by atoms with Crippen molar-refractivity contribution in [3.8, 4) is 0 Å². The van der Waals surface area contributed by atoms with Gasteiger partial charge in [-0.15, -0.1) is 0 Å². The second kappa shape index (κ2) is 4.89. The van der Waals surface area contributed by atoms with Gasteiger partial charge in [0.2, 0.25) is 5.78 Å². The van der Waals surface area contributed by atoms with E-state index < -0.39 is 5.60 Å². The molecular weight excluding hydrogens is 290 g/mol. The predicted molar refractivity (Wildman–Crippen MR) is 87.7 cm³/mol. The van der Waals surface area contributed by atoms with Crippen molar-refractivity contribution in [2.24, 2.45) is 0 Å². The molecule has 1 atom stereocenters. The van der Waals surface area contributed by atoms with Gasteiger partial charge in [-0.05, 0) is 23.9 Å². The molecule has 1 unspecified atom stereocenters. The van der Waals surface area contributed by atoms with E-state index in [9.17, 15) is 9.59 Å². The fourth-order valence-electron chi connectivity index (χ4n) is 2.99. The summed E-state index contributed by atoms with van der Waals surface area (Å²) in [6.45, 7) is 2.18. The topological polar surface area (TPSA) is 62.5 Å². The predicted octanol–water partition coefficient (Wildman–Crippen LogP) is 2.94. The van der Waals surface area contributed by atoms with Crippen LogP contribution in [-0.4, -0.2) is 17.4 Å². The zero-order valence-electron chi connectivity index (χ0n) is 12.6. The van der Waals surface area contributed by atoms with Crippen LogP contribution in [0.4, 0.5) is 0 Å². The van der Waals surface area contributed by atoms with Gasteiger partial charge >= 0.3 is 0 Å². The number of para-hydroxylation sites is 1. The Morgan fingerprint density at radius 2 is 1.87 bits per heavy atom. The first-order valence-electron chi connectivity index (χ1n) is 7.49. The Labute approximate surface area is 132 Å². The summed E-state index contributed by atoms with van der Waals surface area (Å²) in [5.41, 5.74) is 1.30. The minimum absolute atomic E-state index is 0.171. The third kappa shape index (κ3) is 2.11. The van der Waals surface area contributed by atoms with Crippen LogP contribution in [0.3, 0.4) is 0 Å². The molecular formula is C19H15NO3. The first-order valence-corrected chi connectivity index (χ1v) is 7.49. The average Bonchev–Trinajstić information content (AvgIpc) is 3.37. The number of aryl methyl sites for hydroxylation is 1. The van der Waals surface area contributed by atoms with E-state index in [-0.39, 0.29) is 17.9 Å². The number of aromatic amines is 1. The molecule has 1 fully saturated rings.